The third-order valence-electron chi connectivity index (χ3n) is 3.23. The summed E-state index contributed by atoms with van der Waals surface area (Å²) in [5.41, 5.74) is 8.44. The van der Waals surface area contributed by atoms with Gasteiger partial charge in [0.1, 0.15) is 11.5 Å². The molecule has 2 aromatic carbocycles. The van der Waals surface area contributed by atoms with Crippen LogP contribution in [-0.4, -0.2) is 14.2 Å². The van der Waals surface area contributed by atoms with Gasteiger partial charge < -0.3 is 15.2 Å². The van der Waals surface area contributed by atoms with E-state index in [0.717, 1.165) is 27.1 Å². The largest absolute Gasteiger partial charge is 0.497 e. The van der Waals surface area contributed by atoms with Crippen molar-refractivity contribution in [2.75, 3.05) is 14.2 Å². The lowest BCUT2D eigenvalue weighted by Crippen LogP contribution is -2.14. The molecular weight excluding hydrogens is 318 g/mol. The first-order chi connectivity index (χ1) is 9.65. The first-order valence-electron chi connectivity index (χ1n) is 6.36. The van der Waals surface area contributed by atoms with Gasteiger partial charge in [-0.05, 0) is 36.2 Å². The molecule has 1 atom stereocenters. The SMILES string of the molecule is COc1ccc(Br)c(CC(N)c2ccccc2OC)c1. The zero-order valence-electron chi connectivity index (χ0n) is 11.6. The van der Waals surface area contributed by atoms with Crippen molar-refractivity contribution >= 4 is 15.9 Å². The highest BCUT2D eigenvalue weighted by Gasteiger charge is 2.14. The molecule has 0 aliphatic heterocycles. The molecule has 0 saturated heterocycles. The minimum atomic E-state index is -0.130. The molecule has 0 fully saturated rings. The van der Waals surface area contributed by atoms with E-state index in [1.165, 1.54) is 0 Å². The van der Waals surface area contributed by atoms with Crippen LogP contribution in [0.2, 0.25) is 0 Å². The van der Waals surface area contributed by atoms with E-state index in [0.29, 0.717) is 6.42 Å². The van der Waals surface area contributed by atoms with E-state index in [-0.39, 0.29) is 6.04 Å². The molecule has 106 valence electrons. The normalized spacial score (nSPS) is 12.0. The molecule has 3 nitrogen and oxygen atoms in total. The molecule has 0 aliphatic rings. The Bertz CT molecular complexity index is 586. The van der Waals surface area contributed by atoms with Gasteiger partial charge in [-0.3, -0.25) is 0 Å². The standard InChI is InChI=1S/C16H18BrNO2/c1-19-12-7-8-14(17)11(9-12)10-15(18)13-5-3-4-6-16(13)20-2/h3-9,15H,10,18H2,1-2H3. The molecule has 0 radical (unpaired) electrons. The van der Waals surface area contributed by atoms with Crippen molar-refractivity contribution in [2.45, 2.75) is 12.5 Å². The topological polar surface area (TPSA) is 44.5 Å². The second kappa shape index (κ2) is 6.77. The Morgan fingerprint density at radius 2 is 1.85 bits per heavy atom. The summed E-state index contributed by atoms with van der Waals surface area (Å²) in [6.07, 6.45) is 0.707. The Morgan fingerprint density at radius 3 is 2.55 bits per heavy atom. The van der Waals surface area contributed by atoms with Crippen molar-refractivity contribution < 1.29 is 9.47 Å². The molecule has 0 amide bonds. The maximum absolute atomic E-state index is 6.32. The van der Waals surface area contributed by atoms with Crippen LogP contribution >= 0.6 is 15.9 Å². The van der Waals surface area contributed by atoms with Gasteiger partial charge >= 0.3 is 0 Å². The second-order valence-electron chi connectivity index (χ2n) is 4.51. The summed E-state index contributed by atoms with van der Waals surface area (Å²) in [6, 6.07) is 13.6. The number of rotatable bonds is 5. The predicted octanol–water partition coefficient (Wildman–Crippen LogP) is 3.71. The number of ether oxygens (including phenoxy) is 2. The van der Waals surface area contributed by atoms with Crippen LogP contribution in [-0.2, 0) is 6.42 Å². The number of hydrogen-bond donors (Lipinski definition) is 1. The second-order valence-corrected chi connectivity index (χ2v) is 5.36. The van der Waals surface area contributed by atoms with E-state index < -0.39 is 0 Å². The highest BCUT2D eigenvalue weighted by molar-refractivity contribution is 9.10. The van der Waals surface area contributed by atoms with Crippen LogP contribution < -0.4 is 15.2 Å². The van der Waals surface area contributed by atoms with Gasteiger partial charge in [0.05, 0.1) is 14.2 Å². The molecular formula is C16H18BrNO2. The third kappa shape index (κ3) is 3.32. The maximum Gasteiger partial charge on any atom is 0.123 e. The Hall–Kier alpha value is -1.52. The average molecular weight is 336 g/mol. The van der Waals surface area contributed by atoms with Crippen LogP contribution in [0.5, 0.6) is 11.5 Å². The van der Waals surface area contributed by atoms with E-state index >= 15 is 0 Å². The molecule has 0 spiro atoms. The van der Waals surface area contributed by atoms with Crippen LogP contribution in [0.4, 0.5) is 0 Å². The van der Waals surface area contributed by atoms with Crippen LogP contribution in [0, 0.1) is 0 Å². The van der Waals surface area contributed by atoms with E-state index in [4.69, 9.17) is 15.2 Å². The number of benzene rings is 2. The quantitative estimate of drug-likeness (QED) is 0.905. The summed E-state index contributed by atoms with van der Waals surface area (Å²) in [6.45, 7) is 0. The zero-order valence-corrected chi connectivity index (χ0v) is 13.2. The van der Waals surface area contributed by atoms with Crippen LogP contribution in [0.3, 0.4) is 0 Å². The molecule has 0 aromatic heterocycles. The van der Waals surface area contributed by atoms with Crippen molar-refractivity contribution in [2.24, 2.45) is 5.73 Å². The fourth-order valence-electron chi connectivity index (χ4n) is 2.15. The Labute approximate surface area is 127 Å². The van der Waals surface area contributed by atoms with Crippen molar-refractivity contribution in [1.29, 1.82) is 0 Å². The van der Waals surface area contributed by atoms with E-state index in [1.54, 1.807) is 14.2 Å². The lowest BCUT2D eigenvalue weighted by molar-refractivity contribution is 0.405. The Kier molecular flexibility index (Phi) is 5.04. The number of nitrogens with two attached hydrogens (primary N) is 1. The smallest absolute Gasteiger partial charge is 0.123 e. The van der Waals surface area contributed by atoms with E-state index in [9.17, 15) is 0 Å². The van der Waals surface area contributed by atoms with Gasteiger partial charge in [0.25, 0.3) is 0 Å². The first kappa shape index (κ1) is 14.9. The summed E-state index contributed by atoms with van der Waals surface area (Å²) < 4.78 is 11.6. The summed E-state index contributed by atoms with van der Waals surface area (Å²) in [5, 5.41) is 0. The van der Waals surface area contributed by atoms with Gasteiger partial charge in [-0.25, -0.2) is 0 Å². The van der Waals surface area contributed by atoms with Crippen LogP contribution in [0.1, 0.15) is 17.2 Å². The predicted molar refractivity (Wildman–Crippen MR) is 84.3 cm³/mol. The van der Waals surface area contributed by atoms with Crippen molar-refractivity contribution in [3.8, 4) is 11.5 Å². The highest BCUT2D eigenvalue weighted by atomic mass is 79.9. The molecule has 4 heteroatoms. The molecule has 0 aliphatic carbocycles. The average Bonchev–Trinajstić information content (AvgIpc) is 2.49. The fraction of sp³-hybridized carbons (Fsp3) is 0.250. The van der Waals surface area contributed by atoms with Gasteiger partial charge in [-0.1, -0.05) is 34.1 Å². The number of para-hydroxylation sites is 1. The molecule has 0 saturated carbocycles. The van der Waals surface area contributed by atoms with Crippen LogP contribution in [0.15, 0.2) is 46.9 Å². The molecule has 2 aromatic rings. The number of halogens is 1. The Balaban J connectivity index is 2.25. The maximum atomic E-state index is 6.32. The number of hydrogen-bond acceptors (Lipinski definition) is 3. The van der Waals surface area contributed by atoms with Crippen molar-refractivity contribution in [3.05, 3.63) is 58.1 Å². The molecule has 2 N–H and O–H groups in total. The summed E-state index contributed by atoms with van der Waals surface area (Å²) >= 11 is 3.55. The first-order valence-corrected chi connectivity index (χ1v) is 7.16. The minimum Gasteiger partial charge on any atom is -0.497 e. The third-order valence-corrected chi connectivity index (χ3v) is 4.00. The summed E-state index contributed by atoms with van der Waals surface area (Å²) in [4.78, 5) is 0. The lowest BCUT2D eigenvalue weighted by atomic mass is 9.99. The Morgan fingerprint density at radius 1 is 1.10 bits per heavy atom. The summed E-state index contributed by atoms with van der Waals surface area (Å²) in [5.74, 6) is 1.65. The van der Waals surface area contributed by atoms with E-state index in [1.807, 2.05) is 42.5 Å². The van der Waals surface area contributed by atoms with Crippen molar-refractivity contribution in [1.82, 2.24) is 0 Å². The van der Waals surface area contributed by atoms with E-state index in [2.05, 4.69) is 15.9 Å². The lowest BCUT2D eigenvalue weighted by Gasteiger charge is -2.17. The monoisotopic (exact) mass is 335 g/mol. The van der Waals surface area contributed by atoms with Gasteiger partial charge in [0, 0.05) is 16.1 Å². The van der Waals surface area contributed by atoms with Crippen molar-refractivity contribution in [3.63, 3.8) is 0 Å². The molecule has 2 rings (SSSR count). The van der Waals surface area contributed by atoms with Gasteiger partial charge in [0.15, 0.2) is 0 Å². The zero-order chi connectivity index (χ0) is 14.5. The molecule has 0 heterocycles. The van der Waals surface area contributed by atoms with Crippen LogP contribution in [0.25, 0.3) is 0 Å². The van der Waals surface area contributed by atoms with Gasteiger partial charge in [-0.2, -0.15) is 0 Å². The molecule has 0 bridgehead atoms. The molecule has 20 heavy (non-hydrogen) atoms. The fourth-order valence-corrected chi connectivity index (χ4v) is 2.56. The minimum absolute atomic E-state index is 0.130. The van der Waals surface area contributed by atoms with Gasteiger partial charge in [0.2, 0.25) is 0 Å². The summed E-state index contributed by atoms with van der Waals surface area (Å²) in [7, 11) is 3.32. The van der Waals surface area contributed by atoms with Gasteiger partial charge in [-0.15, -0.1) is 0 Å². The number of methoxy groups -OCH3 is 2. The highest BCUT2D eigenvalue weighted by Crippen LogP contribution is 2.29. The molecule has 1 unspecified atom stereocenters.